The number of furan rings is 1. The Balaban J connectivity index is 1.80. The van der Waals surface area contributed by atoms with E-state index in [0.29, 0.717) is 18.9 Å². The Hall–Kier alpha value is -2.21. The summed E-state index contributed by atoms with van der Waals surface area (Å²) >= 11 is 0. The van der Waals surface area contributed by atoms with Gasteiger partial charge in [-0.15, -0.1) is 0 Å². The molecule has 0 spiro atoms. The monoisotopic (exact) mass is 293 g/mol. The van der Waals surface area contributed by atoms with Crippen LogP contribution >= 0.6 is 0 Å². The van der Waals surface area contributed by atoms with E-state index >= 15 is 0 Å². The maximum Gasteiger partial charge on any atom is 0.257 e. The fraction of sp³-hybridized carbons (Fsp3) is 0.267. The number of halogens is 2. The maximum absolute atomic E-state index is 13.7. The number of hydrogen-bond acceptors (Lipinski definition) is 3. The number of morpholine rings is 1. The summed E-state index contributed by atoms with van der Waals surface area (Å²) in [4.78, 5) is 13.8. The van der Waals surface area contributed by atoms with Crippen molar-refractivity contribution in [1.82, 2.24) is 4.90 Å². The Morgan fingerprint density at radius 1 is 1.24 bits per heavy atom. The summed E-state index contributed by atoms with van der Waals surface area (Å²) < 4.78 is 37.7. The number of carbonyl (C=O) groups is 1. The standard InChI is InChI=1S/C15H13F2NO3/c16-11-4-1-3-10(14(11)17)15(19)18-6-8-21-13(9-18)12-5-2-7-20-12/h1-5,7,13H,6,8-9H2/t13-/m0/s1. The first-order valence-electron chi connectivity index (χ1n) is 6.55. The summed E-state index contributed by atoms with van der Waals surface area (Å²) in [5.74, 6) is -2.10. The highest BCUT2D eigenvalue weighted by Crippen LogP contribution is 2.24. The highest BCUT2D eigenvalue weighted by Gasteiger charge is 2.29. The van der Waals surface area contributed by atoms with Gasteiger partial charge in [-0.3, -0.25) is 4.79 Å². The fourth-order valence-electron chi connectivity index (χ4n) is 2.32. The molecule has 1 aliphatic heterocycles. The van der Waals surface area contributed by atoms with Crippen LogP contribution in [0.25, 0.3) is 0 Å². The van der Waals surface area contributed by atoms with Crippen molar-refractivity contribution >= 4 is 5.91 Å². The molecule has 0 aliphatic carbocycles. The lowest BCUT2D eigenvalue weighted by Gasteiger charge is -2.32. The molecule has 0 N–H and O–H groups in total. The molecular formula is C15H13F2NO3. The van der Waals surface area contributed by atoms with Gasteiger partial charge in [-0.2, -0.15) is 0 Å². The van der Waals surface area contributed by atoms with E-state index in [-0.39, 0.29) is 12.1 Å². The van der Waals surface area contributed by atoms with E-state index in [1.807, 2.05) is 0 Å². The topological polar surface area (TPSA) is 42.7 Å². The molecule has 4 nitrogen and oxygen atoms in total. The smallest absolute Gasteiger partial charge is 0.257 e. The van der Waals surface area contributed by atoms with Crippen molar-refractivity contribution in [3.8, 4) is 0 Å². The van der Waals surface area contributed by atoms with E-state index in [2.05, 4.69) is 0 Å². The number of benzene rings is 1. The SMILES string of the molecule is O=C(c1cccc(F)c1F)N1CCO[C@H](c2ccco2)C1. The van der Waals surface area contributed by atoms with Crippen LogP contribution in [0, 0.1) is 11.6 Å². The van der Waals surface area contributed by atoms with Crippen LogP contribution in [0.1, 0.15) is 22.2 Å². The largest absolute Gasteiger partial charge is 0.467 e. The molecule has 1 fully saturated rings. The molecule has 0 unspecified atom stereocenters. The van der Waals surface area contributed by atoms with E-state index in [0.717, 1.165) is 6.07 Å². The Bertz CT molecular complexity index is 642. The third-order valence-electron chi connectivity index (χ3n) is 3.40. The predicted octanol–water partition coefficient (Wildman–Crippen LogP) is 2.77. The second-order valence-electron chi connectivity index (χ2n) is 4.73. The van der Waals surface area contributed by atoms with Crippen molar-refractivity contribution < 1.29 is 22.7 Å². The van der Waals surface area contributed by atoms with Gasteiger partial charge in [0.1, 0.15) is 11.9 Å². The van der Waals surface area contributed by atoms with E-state index in [9.17, 15) is 13.6 Å². The van der Waals surface area contributed by atoms with Gasteiger partial charge in [-0.05, 0) is 24.3 Å². The second-order valence-corrected chi connectivity index (χ2v) is 4.73. The minimum atomic E-state index is -1.12. The fourth-order valence-corrected chi connectivity index (χ4v) is 2.32. The lowest BCUT2D eigenvalue weighted by Crippen LogP contribution is -2.42. The van der Waals surface area contributed by atoms with E-state index in [4.69, 9.17) is 9.15 Å². The zero-order chi connectivity index (χ0) is 14.8. The molecule has 0 bridgehead atoms. The molecular weight excluding hydrogens is 280 g/mol. The molecule has 1 aliphatic rings. The van der Waals surface area contributed by atoms with Crippen LogP contribution in [0.2, 0.25) is 0 Å². The van der Waals surface area contributed by atoms with Gasteiger partial charge in [-0.1, -0.05) is 6.07 Å². The first-order chi connectivity index (χ1) is 10.2. The Kier molecular flexibility index (Phi) is 3.70. The second kappa shape index (κ2) is 5.65. The third kappa shape index (κ3) is 2.67. The van der Waals surface area contributed by atoms with Crippen molar-refractivity contribution in [3.05, 3.63) is 59.6 Å². The summed E-state index contributed by atoms with van der Waals surface area (Å²) in [7, 11) is 0. The third-order valence-corrected chi connectivity index (χ3v) is 3.40. The minimum Gasteiger partial charge on any atom is -0.467 e. The molecule has 6 heteroatoms. The molecule has 0 saturated carbocycles. The van der Waals surface area contributed by atoms with Crippen molar-refractivity contribution in [2.24, 2.45) is 0 Å². The maximum atomic E-state index is 13.7. The van der Waals surface area contributed by atoms with Crippen LogP contribution in [0.5, 0.6) is 0 Å². The zero-order valence-corrected chi connectivity index (χ0v) is 11.1. The molecule has 2 heterocycles. The van der Waals surface area contributed by atoms with Crippen molar-refractivity contribution in [2.45, 2.75) is 6.10 Å². The summed E-state index contributed by atoms with van der Waals surface area (Å²) in [6.07, 6.45) is 1.13. The molecule has 2 aromatic rings. The number of ether oxygens (including phenoxy) is 1. The summed E-state index contributed by atoms with van der Waals surface area (Å²) in [5.41, 5.74) is -0.268. The van der Waals surface area contributed by atoms with E-state index in [1.165, 1.54) is 23.3 Å². The van der Waals surface area contributed by atoms with Gasteiger partial charge in [0, 0.05) is 6.54 Å². The zero-order valence-electron chi connectivity index (χ0n) is 11.1. The molecule has 1 aromatic carbocycles. The van der Waals surface area contributed by atoms with E-state index < -0.39 is 23.6 Å². The average molecular weight is 293 g/mol. The van der Waals surface area contributed by atoms with Crippen molar-refractivity contribution in [3.63, 3.8) is 0 Å². The first kappa shape index (κ1) is 13.8. The Morgan fingerprint density at radius 3 is 2.86 bits per heavy atom. The van der Waals surface area contributed by atoms with Crippen LogP contribution in [0.15, 0.2) is 41.0 Å². The highest BCUT2D eigenvalue weighted by molar-refractivity contribution is 5.94. The lowest BCUT2D eigenvalue weighted by atomic mass is 10.1. The highest BCUT2D eigenvalue weighted by atomic mass is 19.2. The van der Waals surface area contributed by atoms with Gasteiger partial charge in [-0.25, -0.2) is 8.78 Å². The Morgan fingerprint density at radius 2 is 2.10 bits per heavy atom. The quantitative estimate of drug-likeness (QED) is 0.855. The van der Waals surface area contributed by atoms with Gasteiger partial charge >= 0.3 is 0 Å². The first-order valence-corrected chi connectivity index (χ1v) is 6.55. The van der Waals surface area contributed by atoms with E-state index in [1.54, 1.807) is 12.1 Å². The molecule has 110 valence electrons. The van der Waals surface area contributed by atoms with Gasteiger partial charge in [0.15, 0.2) is 11.6 Å². The van der Waals surface area contributed by atoms with Crippen LogP contribution in [0.3, 0.4) is 0 Å². The number of rotatable bonds is 2. The molecule has 1 aromatic heterocycles. The Labute approximate surface area is 119 Å². The molecule has 1 amide bonds. The van der Waals surface area contributed by atoms with Crippen LogP contribution < -0.4 is 0 Å². The van der Waals surface area contributed by atoms with Crippen molar-refractivity contribution in [1.29, 1.82) is 0 Å². The van der Waals surface area contributed by atoms with Crippen LogP contribution in [-0.2, 0) is 4.74 Å². The van der Waals surface area contributed by atoms with Gasteiger partial charge in [0.05, 0.1) is 25.0 Å². The number of hydrogen-bond donors (Lipinski definition) is 0. The predicted molar refractivity (Wildman–Crippen MR) is 69.7 cm³/mol. The lowest BCUT2D eigenvalue weighted by molar-refractivity contribution is -0.0322. The van der Waals surface area contributed by atoms with Crippen LogP contribution in [0.4, 0.5) is 8.78 Å². The summed E-state index contributed by atoms with van der Waals surface area (Å²) in [5, 5.41) is 0. The number of nitrogens with zero attached hydrogens (tertiary/aromatic N) is 1. The minimum absolute atomic E-state index is 0.238. The van der Waals surface area contributed by atoms with Gasteiger partial charge < -0.3 is 14.1 Å². The molecule has 1 atom stereocenters. The summed E-state index contributed by atoms with van der Waals surface area (Å²) in [6, 6.07) is 7.05. The van der Waals surface area contributed by atoms with Gasteiger partial charge in [0.2, 0.25) is 0 Å². The molecule has 21 heavy (non-hydrogen) atoms. The van der Waals surface area contributed by atoms with Crippen molar-refractivity contribution in [2.75, 3.05) is 19.7 Å². The molecule has 0 radical (unpaired) electrons. The van der Waals surface area contributed by atoms with Crippen LogP contribution in [-0.4, -0.2) is 30.5 Å². The molecule has 3 rings (SSSR count). The molecule has 1 saturated heterocycles. The summed E-state index contributed by atoms with van der Waals surface area (Å²) in [6.45, 7) is 0.877. The normalized spacial score (nSPS) is 18.8. The van der Waals surface area contributed by atoms with Gasteiger partial charge in [0.25, 0.3) is 5.91 Å². The average Bonchev–Trinajstić information content (AvgIpc) is 3.04. The number of amides is 1. The number of carbonyl (C=O) groups excluding carboxylic acids is 1.